The van der Waals surface area contributed by atoms with Crippen LogP contribution in [0.25, 0.3) is 0 Å². The molecule has 0 aliphatic carbocycles. The average molecular weight is 265 g/mol. The first-order valence-electron chi connectivity index (χ1n) is 3.58. The van der Waals surface area contributed by atoms with E-state index in [1.807, 2.05) is 0 Å². The van der Waals surface area contributed by atoms with E-state index >= 15 is 0 Å². The third kappa shape index (κ3) is 5.17. The number of hydrogen-bond acceptors (Lipinski definition) is 3. The summed E-state index contributed by atoms with van der Waals surface area (Å²) in [5.74, 6) is -0.273. The molecule has 0 aliphatic rings. The zero-order valence-electron chi connectivity index (χ0n) is 7.15. The Morgan fingerprint density at radius 2 is 1.56 bits per heavy atom. The molecule has 0 radical (unpaired) electrons. The predicted molar refractivity (Wildman–Crippen MR) is 52.3 cm³/mol. The maximum atomic E-state index is 12.1. The van der Waals surface area contributed by atoms with E-state index in [1.54, 1.807) is 0 Å². The summed E-state index contributed by atoms with van der Waals surface area (Å²) in [6, 6.07) is 3.13. The number of hydrogen-bond donors (Lipinski definition) is 1. The normalized spacial score (nSPS) is 11.8. The van der Waals surface area contributed by atoms with E-state index in [1.165, 1.54) is 0 Å². The van der Waals surface area contributed by atoms with Gasteiger partial charge in [-0.05, 0) is 24.3 Å². The van der Waals surface area contributed by atoms with Gasteiger partial charge in [-0.2, -0.15) is 26.7 Å². The minimum atomic E-state index is -4.47. The number of nitrogens with two attached hydrogens (primary N) is 1. The summed E-state index contributed by atoms with van der Waals surface area (Å²) < 4.78 is 61.2. The zero-order chi connectivity index (χ0) is 11.7. The van der Waals surface area contributed by atoms with Crippen molar-refractivity contribution < 1.29 is 25.8 Å². The molecule has 0 atom stereocenters. The molecule has 0 unspecified atom stereocenters. The Kier molecular flexibility index (Phi) is 5.27. The van der Waals surface area contributed by atoms with Crippen LogP contribution in [0.4, 0.5) is 13.2 Å². The van der Waals surface area contributed by atoms with Crippen molar-refractivity contribution in [1.29, 1.82) is 0 Å². The van der Waals surface area contributed by atoms with Crippen LogP contribution >= 0.6 is 0 Å². The molecule has 0 saturated heterocycles. The van der Waals surface area contributed by atoms with Gasteiger partial charge in [0.15, 0.2) is 0 Å². The van der Waals surface area contributed by atoms with Crippen molar-refractivity contribution in [3.05, 3.63) is 29.8 Å². The third-order valence-electron chi connectivity index (χ3n) is 1.39. The molecule has 0 amide bonds. The van der Waals surface area contributed by atoms with Crippen molar-refractivity contribution in [3.63, 3.8) is 0 Å². The van der Waals surface area contributed by atoms with Crippen LogP contribution in [0.2, 0.25) is 0 Å². The molecule has 9 heteroatoms. The summed E-state index contributed by atoms with van der Waals surface area (Å²) in [4.78, 5) is 0. The van der Waals surface area contributed by atoms with E-state index in [-0.39, 0.29) is 35.3 Å². The van der Waals surface area contributed by atoms with Crippen molar-refractivity contribution >= 4 is 39.9 Å². The molecule has 4 nitrogen and oxygen atoms in total. The van der Waals surface area contributed by atoms with Gasteiger partial charge in [0.2, 0.25) is 0 Å². The van der Waals surface area contributed by atoms with Gasteiger partial charge in [-0.1, -0.05) is 0 Å². The van der Waals surface area contributed by atoms with Crippen LogP contribution in [0, 0.1) is 0 Å². The quantitative estimate of drug-likeness (QED) is 0.798. The molecule has 16 heavy (non-hydrogen) atoms. The molecule has 0 fully saturated rings. The summed E-state index contributed by atoms with van der Waals surface area (Å²) in [7, 11) is -4.21. The van der Waals surface area contributed by atoms with Crippen molar-refractivity contribution in [2.24, 2.45) is 5.14 Å². The fourth-order valence-corrected chi connectivity index (χ4v) is 1.21. The number of rotatable bonds is 2. The molecule has 2 N–H and O–H groups in total. The molecule has 0 spiro atoms. The SMILES string of the molecule is NS(=O)(=O)Oc1ccc(C(F)(F)F)cc1.[NaH]. The van der Waals surface area contributed by atoms with Crippen molar-refractivity contribution in [1.82, 2.24) is 0 Å². The van der Waals surface area contributed by atoms with E-state index in [0.717, 1.165) is 12.1 Å². The standard InChI is InChI=1S/C7H6F3NO3S.Na.H/c8-7(9,10)5-1-3-6(4-2-5)14-15(11,12)13;;/h1-4H,(H2,11,12,13);;. The van der Waals surface area contributed by atoms with Crippen LogP contribution in [0.3, 0.4) is 0 Å². The molecule has 1 aromatic carbocycles. The van der Waals surface area contributed by atoms with Crippen LogP contribution in [0.1, 0.15) is 5.56 Å². The second kappa shape index (κ2) is 5.37. The molecular weight excluding hydrogens is 258 g/mol. The monoisotopic (exact) mass is 265 g/mol. The molecule has 1 rings (SSSR count). The van der Waals surface area contributed by atoms with Gasteiger partial charge in [-0.3, -0.25) is 0 Å². The van der Waals surface area contributed by atoms with Crippen LogP contribution in [-0.4, -0.2) is 38.0 Å². The molecular formula is C7H7F3NNaO3S. The van der Waals surface area contributed by atoms with E-state index in [4.69, 9.17) is 0 Å². The van der Waals surface area contributed by atoms with E-state index in [0.29, 0.717) is 12.1 Å². The Labute approximate surface area is 112 Å². The zero-order valence-corrected chi connectivity index (χ0v) is 7.97. The van der Waals surface area contributed by atoms with Crippen LogP contribution < -0.4 is 9.32 Å². The van der Waals surface area contributed by atoms with Gasteiger partial charge in [0.05, 0.1) is 5.56 Å². The molecule has 0 aliphatic heterocycles. The van der Waals surface area contributed by atoms with Crippen LogP contribution in [0.15, 0.2) is 24.3 Å². The van der Waals surface area contributed by atoms with Gasteiger partial charge < -0.3 is 4.18 Å². The van der Waals surface area contributed by atoms with E-state index in [9.17, 15) is 21.6 Å². The fraction of sp³-hybridized carbons (Fsp3) is 0.143. The predicted octanol–water partition coefficient (Wildman–Crippen LogP) is 0.639. The Morgan fingerprint density at radius 1 is 1.12 bits per heavy atom. The molecule has 0 saturated carbocycles. The Morgan fingerprint density at radius 3 is 1.88 bits per heavy atom. The summed E-state index contributed by atoms with van der Waals surface area (Å²) in [5, 5.41) is 4.52. The van der Waals surface area contributed by atoms with Gasteiger partial charge in [0, 0.05) is 0 Å². The second-order valence-corrected chi connectivity index (χ2v) is 3.75. The van der Waals surface area contributed by atoms with Gasteiger partial charge in [-0.15, -0.1) is 0 Å². The number of alkyl halides is 3. The van der Waals surface area contributed by atoms with Gasteiger partial charge in [-0.25, -0.2) is 0 Å². The Hall–Kier alpha value is -0.280. The van der Waals surface area contributed by atoms with Crippen molar-refractivity contribution in [2.45, 2.75) is 6.18 Å². The van der Waals surface area contributed by atoms with Crippen molar-refractivity contribution in [2.75, 3.05) is 0 Å². The fourth-order valence-electron chi connectivity index (χ4n) is 0.834. The summed E-state index contributed by atoms with van der Waals surface area (Å²) in [6.45, 7) is 0. The minimum absolute atomic E-state index is 0. The molecule has 1 aromatic rings. The second-order valence-electron chi connectivity index (χ2n) is 2.60. The first kappa shape index (κ1) is 15.7. The number of halogens is 3. The molecule has 86 valence electrons. The molecule has 0 bridgehead atoms. The van der Waals surface area contributed by atoms with Crippen molar-refractivity contribution in [3.8, 4) is 5.75 Å². The Bertz CT molecular complexity index is 443. The average Bonchev–Trinajstić information content (AvgIpc) is 2.00. The van der Waals surface area contributed by atoms with E-state index in [2.05, 4.69) is 9.32 Å². The molecule has 0 aromatic heterocycles. The van der Waals surface area contributed by atoms with Crippen LogP contribution in [-0.2, 0) is 16.5 Å². The third-order valence-corrected chi connectivity index (χ3v) is 1.82. The summed E-state index contributed by atoms with van der Waals surface area (Å²) in [6.07, 6.45) is -4.47. The van der Waals surface area contributed by atoms with Gasteiger partial charge >= 0.3 is 46.0 Å². The van der Waals surface area contributed by atoms with E-state index < -0.39 is 22.0 Å². The number of benzene rings is 1. The topological polar surface area (TPSA) is 69.4 Å². The summed E-state index contributed by atoms with van der Waals surface area (Å²) in [5.41, 5.74) is -0.899. The molecule has 0 heterocycles. The van der Waals surface area contributed by atoms with Gasteiger partial charge in [0.25, 0.3) is 0 Å². The Balaban J connectivity index is 0.00000225. The first-order chi connectivity index (χ1) is 6.68. The first-order valence-corrected chi connectivity index (χ1v) is 5.05. The summed E-state index contributed by atoms with van der Waals surface area (Å²) >= 11 is 0. The maximum absolute atomic E-state index is 12.1. The van der Waals surface area contributed by atoms with Crippen LogP contribution in [0.5, 0.6) is 5.75 Å². The van der Waals surface area contributed by atoms with Gasteiger partial charge in [0.1, 0.15) is 5.75 Å².